The normalized spacial score (nSPS) is 14.4. The van der Waals surface area contributed by atoms with Crippen molar-refractivity contribution in [2.75, 3.05) is 6.54 Å². The lowest BCUT2D eigenvalue weighted by Gasteiger charge is -2.29. The van der Waals surface area contributed by atoms with Crippen molar-refractivity contribution in [2.24, 2.45) is 5.92 Å². The van der Waals surface area contributed by atoms with Crippen LogP contribution in [0.15, 0.2) is 43.0 Å². The van der Waals surface area contributed by atoms with Crippen molar-refractivity contribution < 1.29 is 14.8 Å². The van der Waals surface area contributed by atoms with E-state index < -0.39 is 13.2 Å². The summed E-state index contributed by atoms with van der Waals surface area (Å²) in [6, 6.07) is 5.66. The number of nitrogens with zero attached hydrogens (tertiary/aromatic N) is 6. The average molecular weight is 427 g/mol. The van der Waals surface area contributed by atoms with Crippen LogP contribution in [-0.4, -0.2) is 59.3 Å². The first-order chi connectivity index (χ1) is 14.4. The van der Waals surface area contributed by atoms with Crippen LogP contribution >= 0.6 is 11.6 Å². The van der Waals surface area contributed by atoms with Gasteiger partial charge in [0, 0.05) is 29.5 Å². The maximum absolute atomic E-state index is 13.4. The first-order valence-corrected chi connectivity index (χ1v) is 9.96. The van der Waals surface area contributed by atoms with Crippen LogP contribution in [0.4, 0.5) is 0 Å². The van der Waals surface area contributed by atoms with E-state index in [2.05, 4.69) is 20.1 Å². The van der Waals surface area contributed by atoms with Gasteiger partial charge in [0.05, 0.1) is 6.04 Å². The highest BCUT2D eigenvalue weighted by Gasteiger charge is 2.33. The van der Waals surface area contributed by atoms with Crippen molar-refractivity contribution in [2.45, 2.75) is 25.8 Å². The van der Waals surface area contributed by atoms with Gasteiger partial charge in [0.1, 0.15) is 6.33 Å². The fourth-order valence-electron chi connectivity index (χ4n) is 3.28. The lowest BCUT2D eigenvalue weighted by atomic mass is 9.79. The van der Waals surface area contributed by atoms with E-state index in [4.69, 9.17) is 11.6 Å². The van der Waals surface area contributed by atoms with E-state index in [9.17, 15) is 14.8 Å². The second-order valence-corrected chi connectivity index (χ2v) is 7.74. The number of hydrogen-bond donors (Lipinski definition) is 2. The highest BCUT2D eigenvalue weighted by molar-refractivity contribution is 6.59. The summed E-state index contributed by atoms with van der Waals surface area (Å²) in [5.41, 5.74) is 0.436. The molecule has 0 spiro atoms. The van der Waals surface area contributed by atoms with Gasteiger partial charge in [-0.15, -0.1) is 0 Å². The van der Waals surface area contributed by atoms with E-state index in [1.165, 1.54) is 29.2 Å². The highest BCUT2D eigenvalue weighted by atomic mass is 35.5. The maximum Gasteiger partial charge on any atom is 0.488 e. The van der Waals surface area contributed by atoms with Crippen molar-refractivity contribution in [3.05, 3.63) is 59.4 Å². The Kier molecular flexibility index (Phi) is 5.80. The summed E-state index contributed by atoms with van der Waals surface area (Å²) in [7, 11) is -1.72. The van der Waals surface area contributed by atoms with Crippen molar-refractivity contribution >= 4 is 30.1 Å². The molecule has 1 fully saturated rings. The molecule has 1 aliphatic carbocycles. The molecule has 30 heavy (non-hydrogen) atoms. The van der Waals surface area contributed by atoms with Gasteiger partial charge in [0.25, 0.3) is 11.9 Å². The molecule has 1 unspecified atom stereocenters. The Morgan fingerprint density at radius 3 is 2.67 bits per heavy atom. The van der Waals surface area contributed by atoms with E-state index in [0.717, 1.165) is 12.8 Å². The summed E-state index contributed by atoms with van der Waals surface area (Å²) in [6.07, 6.45) is 6.74. The van der Waals surface area contributed by atoms with Gasteiger partial charge in [-0.25, -0.2) is 15.0 Å². The van der Waals surface area contributed by atoms with E-state index in [1.807, 2.05) is 6.92 Å². The summed E-state index contributed by atoms with van der Waals surface area (Å²) < 4.78 is 1.51. The standard InChI is InChI=1S/C19H20BClN6O3/c1-12(17-24-11-25-27(17)19-22-5-2-6-23-19)26(10-13-3-4-13)18(28)14-7-15(20(29)30)9-16(21)8-14/h2,5-9,11-13,29-30H,3-4,10H2,1H3. The average Bonchev–Trinajstić information content (AvgIpc) is 3.43. The zero-order valence-electron chi connectivity index (χ0n) is 16.3. The highest BCUT2D eigenvalue weighted by Crippen LogP contribution is 2.33. The molecule has 4 rings (SSSR count). The first-order valence-electron chi connectivity index (χ1n) is 9.59. The molecule has 1 atom stereocenters. The monoisotopic (exact) mass is 426 g/mol. The largest absolute Gasteiger partial charge is 0.488 e. The molecular weight excluding hydrogens is 407 g/mol. The van der Waals surface area contributed by atoms with Crippen LogP contribution in [0.25, 0.3) is 5.95 Å². The molecular formula is C19H20BClN6O3. The summed E-state index contributed by atoms with van der Waals surface area (Å²) in [5.74, 6) is 1.04. The third kappa shape index (κ3) is 4.35. The van der Waals surface area contributed by atoms with Gasteiger partial charge in [0.2, 0.25) is 0 Å². The van der Waals surface area contributed by atoms with Gasteiger partial charge >= 0.3 is 7.12 Å². The fraction of sp³-hybridized carbons (Fsp3) is 0.316. The smallest absolute Gasteiger partial charge is 0.423 e. The number of amides is 1. The number of carbonyl (C=O) groups is 1. The third-order valence-electron chi connectivity index (χ3n) is 5.03. The van der Waals surface area contributed by atoms with Gasteiger partial charge < -0.3 is 14.9 Å². The topological polar surface area (TPSA) is 117 Å². The minimum Gasteiger partial charge on any atom is -0.423 e. The summed E-state index contributed by atoms with van der Waals surface area (Å²) >= 11 is 6.11. The van der Waals surface area contributed by atoms with Gasteiger partial charge in [-0.05, 0) is 55.4 Å². The third-order valence-corrected chi connectivity index (χ3v) is 5.25. The Morgan fingerprint density at radius 2 is 2.00 bits per heavy atom. The van der Waals surface area contributed by atoms with Crippen LogP contribution in [-0.2, 0) is 0 Å². The minimum absolute atomic E-state index is 0.158. The molecule has 154 valence electrons. The van der Waals surface area contributed by atoms with Gasteiger partial charge in [-0.3, -0.25) is 4.79 Å². The number of benzene rings is 1. The van der Waals surface area contributed by atoms with Crippen molar-refractivity contribution in [3.8, 4) is 5.95 Å². The Morgan fingerprint density at radius 1 is 1.27 bits per heavy atom. The Balaban J connectivity index is 1.69. The van der Waals surface area contributed by atoms with Gasteiger partial charge in [-0.1, -0.05) is 11.6 Å². The van der Waals surface area contributed by atoms with E-state index in [1.54, 1.807) is 23.4 Å². The van der Waals surface area contributed by atoms with E-state index in [0.29, 0.717) is 24.2 Å². The molecule has 1 saturated carbocycles. The van der Waals surface area contributed by atoms with Crippen molar-refractivity contribution in [1.29, 1.82) is 0 Å². The maximum atomic E-state index is 13.4. The zero-order valence-corrected chi connectivity index (χ0v) is 17.0. The molecule has 1 aromatic carbocycles. The molecule has 3 aromatic rings. The van der Waals surface area contributed by atoms with Crippen LogP contribution in [0.2, 0.25) is 5.02 Å². The van der Waals surface area contributed by atoms with Gasteiger partial charge in [-0.2, -0.15) is 9.78 Å². The molecule has 1 amide bonds. The van der Waals surface area contributed by atoms with Crippen molar-refractivity contribution in [3.63, 3.8) is 0 Å². The predicted octanol–water partition coefficient (Wildman–Crippen LogP) is 1.00. The van der Waals surface area contributed by atoms with Crippen LogP contribution in [0, 0.1) is 5.92 Å². The Bertz CT molecular complexity index is 1040. The molecule has 1 aliphatic rings. The molecule has 2 N–H and O–H groups in total. The van der Waals surface area contributed by atoms with Gasteiger partial charge in [0.15, 0.2) is 5.82 Å². The number of aromatic nitrogens is 5. The first kappa shape index (κ1) is 20.5. The fourth-order valence-corrected chi connectivity index (χ4v) is 3.52. The van der Waals surface area contributed by atoms with Crippen LogP contribution in [0.5, 0.6) is 0 Å². The Labute approximate surface area is 178 Å². The zero-order chi connectivity index (χ0) is 21.3. The molecule has 9 nitrogen and oxygen atoms in total. The lowest BCUT2D eigenvalue weighted by molar-refractivity contribution is 0.0670. The molecule has 0 aliphatic heterocycles. The second kappa shape index (κ2) is 8.51. The number of rotatable bonds is 7. The molecule has 2 aromatic heterocycles. The summed E-state index contributed by atoms with van der Waals surface area (Å²) in [4.78, 5) is 27.9. The SMILES string of the molecule is CC(c1ncnn1-c1ncccn1)N(CC1CC1)C(=O)c1cc(Cl)cc(B(O)O)c1. The minimum atomic E-state index is -1.72. The van der Waals surface area contributed by atoms with E-state index >= 15 is 0 Å². The Hall–Kier alpha value is -2.82. The summed E-state index contributed by atoms with van der Waals surface area (Å²) in [6.45, 7) is 2.42. The van der Waals surface area contributed by atoms with E-state index in [-0.39, 0.29) is 22.0 Å². The van der Waals surface area contributed by atoms with Crippen LogP contribution in [0.3, 0.4) is 0 Å². The quantitative estimate of drug-likeness (QED) is 0.541. The number of carbonyl (C=O) groups excluding carboxylic acids is 1. The van der Waals surface area contributed by atoms with Crippen LogP contribution < -0.4 is 5.46 Å². The molecule has 0 saturated heterocycles. The summed E-state index contributed by atoms with van der Waals surface area (Å²) in [5, 5.41) is 23.5. The lowest BCUT2D eigenvalue weighted by Crippen LogP contribution is -2.38. The van der Waals surface area contributed by atoms with Crippen molar-refractivity contribution in [1.82, 2.24) is 29.6 Å². The second-order valence-electron chi connectivity index (χ2n) is 7.30. The predicted molar refractivity (Wildman–Crippen MR) is 110 cm³/mol. The molecule has 2 heterocycles. The molecule has 0 bridgehead atoms. The molecule has 0 radical (unpaired) electrons. The van der Waals surface area contributed by atoms with Crippen LogP contribution in [0.1, 0.15) is 42.0 Å². The number of hydrogen-bond acceptors (Lipinski definition) is 7. The number of halogens is 1. The molecule has 11 heteroatoms.